The number of aromatic nitrogens is 1. The minimum atomic E-state index is -0.222. The second-order valence-corrected chi connectivity index (χ2v) is 16.9. The van der Waals surface area contributed by atoms with Gasteiger partial charge in [-0.15, -0.1) is 0 Å². The van der Waals surface area contributed by atoms with Gasteiger partial charge in [0.05, 0.1) is 11.0 Å². The first-order valence-corrected chi connectivity index (χ1v) is 19.8. The van der Waals surface area contributed by atoms with E-state index in [0.29, 0.717) is 0 Å². The van der Waals surface area contributed by atoms with Crippen LogP contribution in [0.4, 0.5) is 0 Å². The number of hydrogen-bond donors (Lipinski definition) is 0. The maximum absolute atomic E-state index is 6.37. The third-order valence-corrected chi connectivity index (χ3v) is 13.2. The molecule has 0 aliphatic heterocycles. The monoisotopic (exact) mass is 717 g/mol. The smallest absolute Gasteiger partial charge is 0.135 e. The standard InChI is InChI=1S/C54H39NO/c1-53(2)44-16-10-8-14-37(44)38-22-18-35(30-45(38)53)34-20-26-48-43(29-34)42-28-33(32-12-6-5-7-13-32)19-25-47(42)55(48)36-21-23-39-40-24-27-50-51(41-15-9-11-17-49(41)56-50)52(40)54(3,4)46(39)31-36/h5-31H,1-4H3. The van der Waals surface area contributed by atoms with Crippen molar-refractivity contribution >= 4 is 43.7 Å². The van der Waals surface area contributed by atoms with E-state index in [-0.39, 0.29) is 10.8 Å². The van der Waals surface area contributed by atoms with Gasteiger partial charge in [-0.3, -0.25) is 0 Å². The molecule has 0 saturated heterocycles. The minimum absolute atomic E-state index is 0.0514. The first-order chi connectivity index (χ1) is 27.3. The van der Waals surface area contributed by atoms with Gasteiger partial charge in [-0.2, -0.15) is 0 Å². The van der Waals surface area contributed by atoms with Crippen LogP contribution in [0.15, 0.2) is 168 Å². The molecule has 56 heavy (non-hydrogen) atoms. The third kappa shape index (κ3) is 4.16. The summed E-state index contributed by atoms with van der Waals surface area (Å²) in [5, 5.41) is 4.93. The number of nitrogens with zero attached hydrogens (tertiary/aromatic N) is 1. The zero-order valence-electron chi connectivity index (χ0n) is 31.9. The summed E-state index contributed by atoms with van der Waals surface area (Å²) < 4.78 is 8.85. The summed E-state index contributed by atoms with van der Waals surface area (Å²) in [4.78, 5) is 0. The van der Waals surface area contributed by atoms with Gasteiger partial charge < -0.3 is 8.98 Å². The lowest BCUT2D eigenvalue weighted by Gasteiger charge is -2.23. The van der Waals surface area contributed by atoms with Crippen LogP contribution in [0.5, 0.6) is 0 Å². The van der Waals surface area contributed by atoms with E-state index in [2.05, 4.69) is 196 Å². The molecule has 2 nitrogen and oxygen atoms in total. The van der Waals surface area contributed by atoms with E-state index < -0.39 is 0 Å². The lowest BCUT2D eigenvalue weighted by atomic mass is 9.80. The molecular weight excluding hydrogens is 679 g/mol. The summed E-state index contributed by atoms with van der Waals surface area (Å²) in [6.45, 7) is 9.48. The van der Waals surface area contributed by atoms with Crippen molar-refractivity contribution in [3.05, 3.63) is 186 Å². The van der Waals surface area contributed by atoms with Crippen molar-refractivity contribution in [1.29, 1.82) is 0 Å². The van der Waals surface area contributed by atoms with E-state index >= 15 is 0 Å². The largest absolute Gasteiger partial charge is 0.456 e. The summed E-state index contributed by atoms with van der Waals surface area (Å²) >= 11 is 0. The Hall–Kier alpha value is -6.64. The molecule has 266 valence electrons. The van der Waals surface area contributed by atoms with Crippen LogP contribution < -0.4 is 0 Å². The summed E-state index contributed by atoms with van der Waals surface area (Å²) in [6, 6.07) is 60.8. The van der Waals surface area contributed by atoms with Crippen molar-refractivity contribution in [3.63, 3.8) is 0 Å². The van der Waals surface area contributed by atoms with E-state index in [9.17, 15) is 0 Å². The van der Waals surface area contributed by atoms with E-state index in [1.54, 1.807) is 0 Å². The average molecular weight is 718 g/mol. The number of benzene rings is 8. The van der Waals surface area contributed by atoms with Gasteiger partial charge in [-0.1, -0.05) is 137 Å². The molecule has 2 heteroatoms. The second-order valence-electron chi connectivity index (χ2n) is 16.9. The van der Waals surface area contributed by atoms with Crippen LogP contribution >= 0.6 is 0 Å². The molecule has 0 radical (unpaired) electrons. The Labute approximate surface area is 326 Å². The second kappa shape index (κ2) is 11.0. The molecule has 0 bridgehead atoms. The predicted molar refractivity (Wildman–Crippen MR) is 234 cm³/mol. The number of rotatable bonds is 3. The Kier molecular flexibility index (Phi) is 6.22. The first kappa shape index (κ1) is 31.7. The van der Waals surface area contributed by atoms with E-state index in [4.69, 9.17) is 4.42 Å². The van der Waals surface area contributed by atoms with Gasteiger partial charge >= 0.3 is 0 Å². The Bertz CT molecular complexity index is 3300. The summed E-state index contributed by atoms with van der Waals surface area (Å²) in [5.41, 5.74) is 21.0. The number of fused-ring (bicyclic) bond motifs is 13. The highest BCUT2D eigenvalue weighted by Gasteiger charge is 2.39. The van der Waals surface area contributed by atoms with Gasteiger partial charge in [0.15, 0.2) is 0 Å². The lowest BCUT2D eigenvalue weighted by Crippen LogP contribution is -2.16. The van der Waals surface area contributed by atoms with E-state index in [1.807, 2.05) is 0 Å². The van der Waals surface area contributed by atoms with Gasteiger partial charge in [-0.25, -0.2) is 0 Å². The van der Waals surface area contributed by atoms with Crippen molar-refractivity contribution in [2.24, 2.45) is 0 Å². The molecule has 0 amide bonds. The Balaban J connectivity index is 1.06. The highest BCUT2D eigenvalue weighted by atomic mass is 16.3. The van der Waals surface area contributed by atoms with Crippen molar-refractivity contribution in [2.75, 3.05) is 0 Å². The highest BCUT2D eigenvalue weighted by Crippen LogP contribution is 2.54. The number of para-hydroxylation sites is 1. The molecule has 8 aromatic carbocycles. The molecule has 10 aromatic rings. The van der Waals surface area contributed by atoms with Crippen LogP contribution in [0, 0.1) is 0 Å². The SMILES string of the molecule is CC1(C)c2ccccc2-c2ccc(-c3ccc4c(c3)c3cc(-c5ccccc5)ccc3n4-c3ccc4c(c3)C(C)(C)c3c-4ccc4oc5ccccc5c34)cc21. The van der Waals surface area contributed by atoms with Crippen molar-refractivity contribution < 1.29 is 4.42 Å². The molecular formula is C54H39NO. The molecule has 0 unspecified atom stereocenters. The zero-order valence-corrected chi connectivity index (χ0v) is 31.9. The zero-order chi connectivity index (χ0) is 37.5. The molecule has 0 atom stereocenters. The normalized spacial score (nSPS) is 14.7. The van der Waals surface area contributed by atoms with Crippen LogP contribution in [0.1, 0.15) is 49.9 Å². The maximum Gasteiger partial charge on any atom is 0.135 e. The fraction of sp³-hybridized carbons (Fsp3) is 0.111. The van der Waals surface area contributed by atoms with Gasteiger partial charge in [0.25, 0.3) is 0 Å². The van der Waals surface area contributed by atoms with Crippen LogP contribution in [0.25, 0.3) is 93.9 Å². The van der Waals surface area contributed by atoms with Crippen LogP contribution in [-0.2, 0) is 10.8 Å². The van der Waals surface area contributed by atoms with Gasteiger partial charge in [-0.05, 0) is 121 Å². The quantitative estimate of drug-likeness (QED) is 0.178. The molecule has 12 rings (SSSR count). The van der Waals surface area contributed by atoms with E-state index in [0.717, 1.165) is 11.2 Å². The van der Waals surface area contributed by atoms with Crippen LogP contribution in [-0.4, -0.2) is 4.57 Å². The van der Waals surface area contributed by atoms with Gasteiger partial charge in [0, 0.05) is 38.1 Å². The Morgan fingerprint density at radius 2 is 0.982 bits per heavy atom. The fourth-order valence-electron chi connectivity index (χ4n) is 10.4. The van der Waals surface area contributed by atoms with Crippen molar-refractivity contribution in [2.45, 2.75) is 38.5 Å². The van der Waals surface area contributed by atoms with Crippen LogP contribution in [0.3, 0.4) is 0 Å². The minimum Gasteiger partial charge on any atom is -0.456 e. The summed E-state index contributed by atoms with van der Waals surface area (Å²) in [5.74, 6) is 0. The molecule has 2 aliphatic carbocycles. The molecule has 0 N–H and O–H groups in total. The molecule has 0 spiro atoms. The first-order valence-electron chi connectivity index (χ1n) is 19.8. The lowest BCUT2D eigenvalue weighted by molar-refractivity contribution is 0.656. The van der Waals surface area contributed by atoms with Crippen molar-refractivity contribution in [3.8, 4) is 50.2 Å². The average Bonchev–Trinajstić information content (AvgIpc) is 3.91. The van der Waals surface area contributed by atoms with Gasteiger partial charge in [0.1, 0.15) is 11.2 Å². The maximum atomic E-state index is 6.37. The molecule has 0 saturated carbocycles. The molecule has 2 heterocycles. The highest BCUT2D eigenvalue weighted by molar-refractivity contribution is 6.13. The third-order valence-electron chi connectivity index (χ3n) is 13.2. The Morgan fingerprint density at radius 1 is 0.393 bits per heavy atom. The summed E-state index contributed by atoms with van der Waals surface area (Å²) in [7, 11) is 0. The number of furan rings is 1. The summed E-state index contributed by atoms with van der Waals surface area (Å²) in [6.07, 6.45) is 0. The van der Waals surface area contributed by atoms with Gasteiger partial charge in [0.2, 0.25) is 0 Å². The topological polar surface area (TPSA) is 18.1 Å². The molecule has 0 fully saturated rings. The molecule has 2 aromatic heterocycles. The fourth-order valence-corrected chi connectivity index (χ4v) is 10.4. The molecule has 2 aliphatic rings. The predicted octanol–water partition coefficient (Wildman–Crippen LogP) is 14.6. The van der Waals surface area contributed by atoms with Crippen molar-refractivity contribution in [1.82, 2.24) is 4.57 Å². The Morgan fingerprint density at radius 3 is 1.79 bits per heavy atom. The van der Waals surface area contributed by atoms with Crippen LogP contribution in [0.2, 0.25) is 0 Å². The number of hydrogen-bond acceptors (Lipinski definition) is 1. The van der Waals surface area contributed by atoms with E-state index in [1.165, 1.54) is 105 Å².